The first-order valence-electron chi connectivity index (χ1n) is 6.91. The highest BCUT2D eigenvalue weighted by Gasteiger charge is 2.39. The second kappa shape index (κ2) is 9.11. The van der Waals surface area contributed by atoms with Crippen LogP contribution in [0.4, 0.5) is 0 Å². The summed E-state index contributed by atoms with van der Waals surface area (Å²) in [7, 11) is -5.21. The van der Waals surface area contributed by atoms with Crippen molar-refractivity contribution in [2.45, 2.75) is 65.2 Å². The number of carboxylic acids is 1. The van der Waals surface area contributed by atoms with E-state index >= 15 is 0 Å². The zero-order chi connectivity index (χ0) is 16.6. The molecular formula is C12H32O5Si3. The SMILES string of the molecule is CC(=O)O.C[Si](C)(C)O[Si](C)(CCCO)O[Si](C)(C)C. The van der Waals surface area contributed by atoms with Crippen molar-refractivity contribution < 1.29 is 23.2 Å². The fourth-order valence-electron chi connectivity index (χ4n) is 1.82. The summed E-state index contributed by atoms with van der Waals surface area (Å²) in [4.78, 5) is 9.00. The van der Waals surface area contributed by atoms with Crippen LogP contribution < -0.4 is 0 Å². The molecule has 8 heteroatoms. The fraction of sp³-hybridized carbons (Fsp3) is 0.917. The van der Waals surface area contributed by atoms with Crippen molar-refractivity contribution in [1.82, 2.24) is 0 Å². The number of carbonyl (C=O) groups is 1. The molecule has 2 N–H and O–H groups in total. The molecule has 0 aromatic heterocycles. The minimum atomic E-state index is -2.08. The summed E-state index contributed by atoms with van der Waals surface area (Å²) in [5.74, 6) is -0.833. The van der Waals surface area contributed by atoms with Gasteiger partial charge in [0.05, 0.1) is 0 Å². The maximum atomic E-state index is 9.00. The van der Waals surface area contributed by atoms with Gasteiger partial charge in [0.1, 0.15) is 0 Å². The van der Waals surface area contributed by atoms with E-state index in [0.29, 0.717) is 0 Å². The molecule has 0 aromatic carbocycles. The molecule has 0 aliphatic carbocycles. The lowest BCUT2D eigenvalue weighted by Gasteiger charge is -2.38. The summed E-state index contributed by atoms with van der Waals surface area (Å²) in [5, 5.41) is 16.4. The fourth-order valence-corrected chi connectivity index (χ4v) is 14.3. The van der Waals surface area contributed by atoms with E-state index in [4.69, 9.17) is 23.2 Å². The van der Waals surface area contributed by atoms with E-state index in [1.807, 2.05) is 0 Å². The lowest BCUT2D eigenvalue weighted by atomic mass is 10.5. The van der Waals surface area contributed by atoms with Crippen LogP contribution in [0.15, 0.2) is 0 Å². The zero-order valence-corrected chi connectivity index (χ0v) is 17.2. The van der Waals surface area contributed by atoms with Gasteiger partial charge < -0.3 is 18.4 Å². The van der Waals surface area contributed by atoms with Gasteiger partial charge >= 0.3 is 8.56 Å². The van der Waals surface area contributed by atoms with Crippen molar-refractivity contribution in [3.8, 4) is 0 Å². The molecule has 0 aliphatic rings. The smallest absolute Gasteiger partial charge is 0.314 e. The number of carboxylic acid groups (broad SMARTS) is 1. The van der Waals surface area contributed by atoms with Crippen LogP contribution in [0.2, 0.25) is 51.9 Å². The first kappa shape index (κ1) is 22.3. The van der Waals surface area contributed by atoms with Crippen molar-refractivity contribution in [3.63, 3.8) is 0 Å². The Bertz CT molecular complexity index is 264. The standard InChI is InChI=1S/C10H28O3Si3.C2H4O2/c1-14(2,3)12-16(7,10-8-9-11)13-15(4,5)6;1-2(3)4/h11H,8-10H2,1-7H3;1H3,(H,3,4). The Balaban J connectivity index is 0. The van der Waals surface area contributed by atoms with Crippen molar-refractivity contribution in [2.24, 2.45) is 0 Å². The summed E-state index contributed by atoms with van der Waals surface area (Å²) >= 11 is 0. The van der Waals surface area contributed by atoms with Crippen LogP contribution in [0.1, 0.15) is 13.3 Å². The molecule has 0 atom stereocenters. The number of aliphatic carboxylic acids is 1. The lowest BCUT2D eigenvalue weighted by molar-refractivity contribution is -0.134. The van der Waals surface area contributed by atoms with E-state index in [-0.39, 0.29) is 6.61 Å². The van der Waals surface area contributed by atoms with Crippen molar-refractivity contribution in [1.29, 1.82) is 0 Å². The highest BCUT2D eigenvalue weighted by molar-refractivity contribution is 6.87. The van der Waals surface area contributed by atoms with Crippen LogP contribution in [0, 0.1) is 0 Å². The number of rotatable bonds is 7. The van der Waals surface area contributed by atoms with E-state index in [1.54, 1.807) is 0 Å². The maximum absolute atomic E-state index is 9.00. The molecule has 0 saturated heterocycles. The number of hydrogen-bond donors (Lipinski definition) is 2. The Hall–Kier alpha value is 0.000649. The van der Waals surface area contributed by atoms with Gasteiger partial charge in [-0.05, 0) is 58.3 Å². The average molecular weight is 341 g/mol. The highest BCUT2D eigenvalue weighted by atomic mass is 28.5. The molecule has 0 aliphatic heterocycles. The van der Waals surface area contributed by atoms with Crippen LogP contribution in [0.25, 0.3) is 0 Å². The Morgan fingerprint density at radius 2 is 1.25 bits per heavy atom. The van der Waals surface area contributed by atoms with E-state index < -0.39 is 31.2 Å². The molecule has 0 heterocycles. The van der Waals surface area contributed by atoms with Crippen LogP contribution in [0.3, 0.4) is 0 Å². The van der Waals surface area contributed by atoms with Gasteiger partial charge in [-0.15, -0.1) is 0 Å². The van der Waals surface area contributed by atoms with Gasteiger partial charge in [0.2, 0.25) is 0 Å². The second-order valence-corrected chi connectivity index (χ2v) is 19.8. The Kier molecular flexibility index (Phi) is 10.1. The Labute approximate surface area is 126 Å². The first-order valence-corrected chi connectivity index (χ1v) is 16.3. The third-order valence-electron chi connectivity index (χ3n) is 1.83. The van der Waals surface area contributed by atoms with Gasteiger partial charge in [0, 0.05) is 13.5 Å². The Morgan fingerprint density at radius 3 is 1.45 bits per heavy atom. The molecule has 0 radical (unpaired) electrons. The number of hydrogen-bond acceptors (Lipinski definition) is 4. The Morgan fingerprint density at radius 1 is 0.950 bits per heavy atom. The minimum Gasteiger partial charge on any atom is -0.481 e. The van der Waals surface area contributed by atoms with Gasteiger partial charge in [-0.25, -0.2) is 0 Å². The minimum absolute atomic E-state index is 0.229. The van der Waals surface area contributed by atoms with Gasteiger partial charge in [0.25, 0.3) is 5.97 Å². The van der Waals surface area contributed by atoms with E-state index in [2.05, 4.69) is 45.8 Å². The molecule has 0 aromatic rings. The van der Waals surface area contributed by atoms with Crippen molar-refractivity contribution in [2.75, 3.05) is 6.61 Å². The molecule has 0 unspecified atom stereocenters. The predicted molar refractivity (Wildman–Crippen MR) is 90.3 cm³/mol. The normalized spacial score (nSPS) is 12.7. The molecule has 0 amide bonds. The summed E-state index contributed by atoms with van der Waals surface area (Å²) in [6.45, 7) is 16.7. The van der Waals surface area contributed by atoms with Crippen LogP contribution in [-0.2, 0) is 13.0 Å². The lowest BCUT2D eigenvalue weighted by Crippen LogP contribution is -2.52. The van der Waals surface area contributed by atoms with E-state index in [0.717, 1.165) is 19.4 Å². The zero-order valence-electron chi connectivity index (χ0n) is 14.2. The van der Waals surface area contributed by atoms with Gasteiger partial charge in [-0.2, -0.15) is 0 Å². The van der Waals surface area contributed by atoms with Gasteiger partial charge in [-0.1, -0.05) is 0 Å². The van der Waals surface area contributed by atoms with Crippen molar-refractivity contribution >= 4 is 31.2 Å². The molecule has 20 heavy (non-hydrogen) atoms. The monoisotopic (exact) mass is 340 g/mol. The third-order valence-corrected chi connectivity index (χ3v) is 11.4. The molecule has 5 nitrogen and oxygen atoms in total. The van der Waals surface area contributed by atoms with Crippen LogP contribution in [0.5, 0.6) is 0 Å². The number of aliphatic hydroxyl groups is 1. The molecule has 0 rings (SSSR count). The summed E-state index contributed by atoms with van der Waals surface area (Å²) in [6.07, 6.45) is 0.789. The predicted octanol–water partition coefficient (Wildman–Crippen LogP) is 3.23. The maximum Gasteiger partial charge on any atom is 0.314 e. The first-order chi connectivity index (χ1) is 8.71. The summed E-state index contributed by atoms with van der Waals surface area (Å²) in [5.41, 5.74) is 0. The van der Waals surface area contributed by atoms with Gasteiger partial charge in [0.15, 0.2) is 16.6 Å². The quantitative estimate of drug-likeness (QED) is 0.696. The molecule has 122 valence electrons. The van der Waals surface area contributed by atoms with E-state index in [9.17, 15) is 0 Å². The molecule has 0 spiro atoms. The average Bonchev–Trinajstić information content (AvgIpc) is 2.07. The number of aliphatic hydroxyl groups excluding tert-OH is 1. The van der Waals surface area contributed by atoms with Gasteiger partial charge in [-0.3, -0.25) is 4.79 Å². The van der Waals surface area contributed by atoms with Crippen LogP contribution in [-0.4, -0.2) is 48.0 Å². The topological polar surface area (TPSA) is 76.0 Å². The summed E-state index contributed by atoms with van der Waals surface area (Å²) in [6, 6.07) is 0.901. The van der Waals surface area contributed by atoms with Crippen LogP contribution >= 0.6 is 0 Å². The van der Waals surface area contributed by atoms with Crippen molar-refractivity contribution in [3.05, 3.63) is 0 Å². The third kappa shape index (κ3) is 18.0. The second-order valence-electron chi connectivity index (χ2n) is 6.91. The molecule has 0 saturated carbocycles. The molecular weight excluding hydrogens is 308 g/mol. The molecule has 0 bridgehead atoms. The highest BCUT2D eigenvalue weighted by Crippen LogP contribution is 2.25. The van der Waals surface area contributed by atoms with E-state index in [1.165, 1.54) is 0 Å². The summed E-state index contributed by atoms with van der Waals surface area (Å²) < 4.78 is 12.6. The largest absolute Gasteiger partial charge is 0.481 e. The molecule has 0 fully saturated rings.